The molecule has 1 aliphatic heterocycles. The summed E-state index contributed by atoms with van der Waals surface area (Å²) in [7, 11) is 0. The first-order valence-corrected chi connectivity index (χ1v) is 11.7. The molecule has 2 rings (SSSR count). The van der Waals surface area contributed by atoms with Crippen molar-refractivity contribution in [2.24, 2.45) is 23.7 Å². The summed E-state index contributed by atoms with van der Waals surface area (Å²) < 4.78 is 5.34. The number of carbonyl (C=O) groups excluding carboxylic acids is 3. The number of allylic oxidation sites excluding steroid dienone is 1. The highest BCUT2D eigenvalue weighted by Crippen LogP contribution is 2.45. The van der Waals surface area contributed by atoms with Crippen LogP contribution in [0.1, 0.15) is 66.7 Å². The Hall–Kier alpha value is -1.89. The van der Waals surface area contributed by atoms with Crippen molar-refractivity contribution in [3.8, 4) is 0 Å². The molecule has 176 valence electrons. The van der Waals surface area contributed by atoms with Gasteiger partial charge in [-0.2, -0.15) is 0 Å². The summed E-state index contributed by atoms with van der Waals surface area (Å²) in [6.45, 7) is 10.4. The van der Waals surface area contributed by atoms with Gasteiger partial charge in [-0.15, -0.1) is 0 Å². The number of nitrogens with one attached hydrogen (secondary N) is 1. The van der Waals surface area contributed by atoms with Crippen LogP contribution < -0.4 is 5.32 Å². The van der Waals surface area contributed by atoms with Crippen LogP contribution in [0.25, 0.3) is 0 Å². The molecule has 5 atom stereocenters. The Morgan fingerprint density at radius 3 is 2.39 bits per heavy atom. The van der Waals surface area contributed by atoms with Gasteiger partial charge in [0.15, 0.2) is 0 Å². The van der Waals surface area contributed by atoms with Crippen molar-refractivity contribution < 1.29 is 24.2 Å². The highest BCUT2D eigenvalue weighted by Gasteiger charge is 2.57. The summed E-state index contributed by atoms with van der Waals surface area (Å²) in [4.78, 5) is 41.4. The van der Waals surface area contributed by atoms with Crippen LogP contribution in [0.4, 0.5) is 0 Å². The largest absolute Gasteiger partial charge is 0.466 e. The quantitative estimate of drug-likeness (QED) is 0.312. The molecule has 0 spiro atoms. The van der Waals surface area contributed by atoms with Crippen molar-refractivity contribution in [1.82, 2.24) is 10.2 Å². The molecule has 7 nitrogen and oxygen atoms in total. The fraction of sp³-hybridized carbons (Fsp3) is 0.792. The molecule has 0 aromatic carbocycles. The van der Waals surface area contributed by atoms with Crippen LogP contribution in [0.3, 0.4) is 0 Å². The molecule has 2 aliphatic rings. The van der Waals surface area contributed by atoms with Crippen molar-refractivity contribution in [2.75, 3.05) is 19.8 Å². The van der Waals surface area contributed by atoms with Gasteiger partial charge in [0.25, 0.3) is 0 Å². The van der Waals surface area contributed by atoms with E-state index in [1.165, 1.54) is 0 Å². The third-order valence-electron chi connectivity index (χ3n) is 6.22. The Kier molecular flexibility index (Phi) is 9.10. The molecule has 0 bridgehead atoms. The zero-order valence-corrected chi connectivity index (χ0v) is 19.7. The van der Waals surface area contributed by atoms with Gasteiger partial charge in [0.05, 0.1) is 18.4 Å². The molecule has 0 radical (unpaired) electrons. The van der Waals surface area contributed by atoms with Gasteiger partial charge in [-0.25, -0.2) is 0 Å². The van der Waals surface area contributed by atoms with E-state index in [0.29, 0.717) is 6.54 Å². The molecule has 0 unspecified atom stereocenters. The summed E-state index contributed by atoms with van der Waals surface area (Å²) in [6, 6.07) is -0.624. The van der Waals surface area contributed by atoms with E-state index in [1.54, 1.807) is 11.8 Å². The Bertz CT molecular complexity index is 669. The minimum atomic E-state index is -0.624. The van der Waals surface area contributed by atoms with Crippen LogP contribution in [-0.2, 0) is 19.1 Å². The number of likely N-dealkylation sites (tertiary alicyclic amines) is 1. The molecular weight excluding hydrogens is 396 g/mol. The Labute approximate surface area is 186 Å². The minimum absolute atomic E-state index is 0.0694. The van der Waals surface area contributed by atoms with Crippen molar-refractivity contribution in [3.05, 3.63) is 12.2 Å². The van der Waals surface area contributed by atoms with Crippen LogP contribution in [0, 0.1) is 23.7 Å². The topological polar surface area (TPSA) is 95.9 Å². The summed E-state index contributed by atoms with van der Waals surface area (Å²) in [5.41, 5.74) is -0.421. The maximum absolute atomic E-state index is 13.6. The van der Waals surface area contributed by atoms with E-state index >= 15 is 0 Å². The maximum Gasteiger partial charge on any atom is 0.310 e. The van der Waals surface area contributed by atoms with E-state index in [0.717, 1.165) is 32.1 Å². The fourth-order valence-corrected chi connectivity index (χ4v) is 4.88. The summed E-state index contributed by atoms with van der Waals surface area (Å²) in [6.07, 6.45) is 7.96. The SMILES string of the molecule is CCOC(=O)[C@H]1[C@H]2C(=O)N(CCCCCCO)[C@H](C(=O)NC(C)(C)C)[C@H]2C=C[C@H]1CC. The number of fused-ring (bicyclic) bond motifs is 1. The average molecular weight is 437 g/mol. The smallest absolute Gasteiger partial charge is 0.310 e. The van der Waals surface area contributed by atoms with Crippen LogP contribution in [0.2, 0.25) is 0 Å². The lowest BCUT2D eigenvalue weighted by molar-refractivity contribution is -0.155. The molecule has 1 fully saturated rings. The van der Waals surface area contributed by atoms with Gasteiger partial charge in [-0.1, -0.05) is 31.9 Å². The average Bonchev–Trinajstić information content (AvgIpc) is 2.98. The van der Waals surface area contributed by atoms with Gasteiger partial charge in [-0.3, -0.25) is 14.4 Å². The highest BCUT2D eigenvalue weighted by atomic mass is 16.5. The second-order valence-electron chi connectivity index (χ2n) is 9.69. The second kappa shape index (κ2) is 11.1. The van der Waals surface area contributed by atoms with Crippen molar-refractivity contribution in [3.63, 3.8) is 0 Å². The van der Waals surface area contributed by atoms with Gasteiger partial charge < -0.3 is 20.1 Å². The highest BCUT2D eigenvalue weighted by molar-refractivity contribution is 5.96. The lowest BCUT2D eigenvalue weighted by Gasteiger charge is -2.34. The van der Waals surface area contributed by atoms with Crippen LogP contribution in [0.5, 0.6) is 0 Å². The standard InChI is InChI=1S/C24H40N2O5/c1-6-16-12-13-17-19(18(16)23(30)31-7-2)22(29)26(14-10-8-9-11-15-27)20(17)21(28)25-24(3,4)5/h12-13,16-20,27H,6-11,14-15H2,1-5H3,(H,25,28)/t16-,17+,18-,19+,20+/m1/s1. The Balaban J connectivity index is 2.34. The first-order chi connectivity index (χ1) is 14.7. The number of hydrogen-bond donors (Lipinski definition) is 2. The fourth-order valence-electron chi connectivity index (χ4n) is 4.88. The van der Waals surface area contributed by atoms with Crippen LogP contribution >= 0.6 is 0 Å². The van der Waals surface area contributed by atoms with E-state index in [2.05, 4.69) is 5.32 Å². The number of unbranched alkanes of at least 4 members (excludes halogenated alkanes) is 3. The lowest BCUT2D eigenvalue weighted by Crippen LogP contribution is -2.52. The van der Waals surface area contributed by atoms with Gasteiger partial charge >= 0.3 is 5.97 Å². The monoisotopic (exact) mass is 436 g/mol. The molecule has 1 aliphatic carbocycles. The van der Waals surface area contributed by atoms with Gasteiger partial charge in [0.1, 0.15) is 6.04 Å². The normalized spacial score (nSPS) is 27.9. The summed E-state index contributed by atoms with van der Waals surface area (Å²) >= 11 is 0. The van der Waals surface area contributed by atoms with E-state index in [9.17, 15) is 14.4 Å². The second-order valence-corrected chi connectivity index (χ2v) is 9.69. The molecule has 1 saturated heterocycles. The molecule has 2 N–H and O–H groups in total. The number of aliphatic hydroxyl groups excluding tert-OH is 1. The molecule has 0 saturated carbocycles. The third-order valence-corrected chi connectivity index (χ3v) is 6.22. The van der Waals surface area contributed by atoms with E-state index in [-0.39, 0.29) is 42.8 Å². The molecule has 2 amide bonds. The number of carbonyl (C=O) groups is 3. The molecule has 0 aromatic rings. The first kappa shape index (κ1) is 25.4. The number of nitrogens with zero attached hydrogens (tertiary/aromatic N) is 1. The molecule has 1 heterocycles. The number of ether oxygens (including phenoxy) is 1. The minimum Gasteiger partial charge on any atom is -0.466 e. The zero-order chi connectivity index (χ0) is 23.2. The van der Waals surface area contributed by atoms with E-state index in [1.807, 2.05) is 39.8 Å². The van der Waals surface area contributed by atoms with Crippen molar-refractivity contribution >= 4 is 17.8 Å². The number of rotatable bonds is 10. The van der Waals surface area contributed by atoms with E-state index < -0.39 is 23.4 Å². The first-order valence-electron chi connectivity index (χ1n) is 11.7. The molecular formula is C24H40N2O5. The van der Waals surface area contributed by atoms with Crippen molar-refractivity contribution in [1.29, 1.82) is 0 Å². The van der Waals surface area contributed by atoms with Crippen molar-refractivity contribution in [2.45, 2.75) is 78.3 Å². The van der Waals surface area contributed by atoms with Gasteiger partial charge in [0, 0.05) is 24.6 Å². The number of amides is 2. The van der Waals surface area contributed by atoms with Gasteiger partial charge in [0.2, 0.25) is 11.8 Å². The summed E-state index contributed by atoms with van der Waals surface area (Å²) in [5.74, 6) is -2.18. The molecule has 7 heteroatoms. The van der Waals surface area contributed by atoms with Crippen LogP contribution in [-0.4, -0.2) is 59.1 Å². The number of hydrogen-bond acceptors (Lipinski definition) is 5. The summed E-state index contributed by atoms with van der Waals surface area (Å²) in [5, 5.41) is 12.0. The Morgan fingerprint density at radius 1 is 1.13 bits per heavy atom. The lowest BCUT2D eigenvalue weighted by atomic mass is 9.69. The van der Waals surface area contributed by atoms with Crippen LogP contribution in [0.15, 0.2) is 12.2 Å². The van der Waals surface area contributed by atoms with E-state index in [4.69, 9.17) is 9.84 Å². The predicted molar refractivity (Wildman–Crippen MR) is 119 cm³/mol. The number of aliphatic hydroxyl groups is 1. The van der Waals surface area contributed by atoms with Gasteiger partial charge in [-0.05, 0) is 52.9 Å². The predicted octanol–water partition coefficient (Wildman–Crippen LogP) is 2.67. The Morgan fingerprint density at radius 2 is 1.81 bits per heavy atom. The zero-order valence-electron chi connectivity index (χ0n) is 19.7. The molecule has 0 aromatic heterocycles. The maximum atomic E-state index is 13.6. The third kappa shape index (κ3) is 6.09. The number of esters is 1. The molecule has 31 heavy (non-hydrogen) atoms.